The fourth-order valence-corrected chi connectivity index (χ4v) is 4.08. The maximum absolute atomic E-state index is 12.2. The van der Waals surface area contributed by atoms with Crippen LogP contribution in [0.25, 0.3) is 0 Å². The molecule has 1 saturated heterocycles. The minimum atomic E-state index is -4.32. The molecule has 140 valence electrons. The molecule has 2 fully saturated rings. The predicted molar refractivity (Wildman–Crippen MR) is 91.0 cm³/mol. The van der Waals surface area contributed by atoms with Crippen molar-refractivity contribution in [1.29, 1.82) is 0 Å². The van der Waals surface area contributed by atoms with E-state index in [0.29, 0.717) is 0 Å². The van der Waals surface area contributed by atoms with E-state index in [9.17, 15) is 18.3 Å². The Kier molecular flexibility index (Phi) is 4.93. The molecule has 1 aromatic rings. The van der Waals surface area contributed by atoms with Crippen molar-refractivity contribution in [2.45, 2.75) is 57.2 Å². The van der Waals surface area contributed by atoms with Gasteiger partial charge < -0.3 is 14.7 Å². The van der Waals surface area contributed by atoms with Crippen molar-refractivity contribution >= 4 is 5.69 Å². The molecule has 0 amide bonds. The van der Waals surface area contributed by atoms with E-state index < -0.39 is 18.4 Å². The van der Waals surface area contributed by atoms with Crippen molar-refractivity contribution in [2.24, 2.45) is 5.41 Å². The van der Waals surface area contributed by atoms with Gasteiger partial charge >= 0.3 is 6.18 Å². The lowest BCUT2D eigenvalue weighted by Crippen LogP contribution is -2.40. The zero-order chi connectivity index (χ0) is 18.1. The van der Waals surface area contributed by atoms with E-state index >= 15 is 0 Å². The van der Waals surface area contributed by atoms with E-state index in [1.54, 1.807) is 12.1 Å². The number of rotatable bonds is 4. The van der Waals surface area contributed by atoms with Gasteiger partial charge in [-0.3, -0.25) is 0 Å². The first-order chi connectivity index (χ1) is 11.7. The summed E-state index contributed by atoms with van der Waals surface area (Å²) in [6.45, 7) is 2.68. The summed E-state index contributed by atoms with van der Waals surface area (Å²) >= 11 is 0. The maximum Gasteiger partial charge on any atom is 0.422 e. The minimum absolute atomic E-state index is 0.237. The summed E-state index contributed by atoms with van der Waals surface area (Å²) in [6.07, 6.45) is 1.41. The van der Waals surface area contributed by atoms with Crippen LogP contribution in [0.1, 0.15) is 45.4 Å². The number of hydrogen-bond donors (Lipinski definition) is 1. The van der Waals surface area contributed by atoms with Crippen LogP contribution in [-0.2, 0) is 0 Å². The molecular weight excluding hydrogens is 331 g/mol. The largest absolute Gasteiger partial charge is 0.484 e. The summed E-state index contributed by atoms with van der Waals surface area (Å²) in [5.74, 6) is 0.237. The minimum Gasteiger partial charge on any atom is -0.484 e. The molecule has 0 unspecified atom stereocenters. The van der Waals surface area contributed by atoms with Crippen LogP contribution in [0, 0.1) is 5.41 Å². The van der Waals surface area contributed by atoms with E-state index in [0.717, 1.165) is 57.3 Å². The molecule has 1 spiro atoms. The predicted octanol–water partition coefficient (Wildman–Crippen LogP) is 4.54. The van der Waals surface area contributed by atoms with Crippen LogP contribution in [0.5, 0.6) is 5.75 Å². The summed E-state index contributed by atoms with van der Waals surface area (Å²) in [7, 11) is 0. The monoisotopic (exact) mass is 357 g/mol. The number of hydrogen-bond acceptors (Lipinski definition) is 3. The molecule has 1 N–H and O–H groups in total. The maximum atomic E-state index is 12.2. The Labute approximate surface area is 146 Å². The average Bonchev–Trinajstić information content (AvgIpc) is 3.00. The standard InChI is InChI=1S/C19H26F3NO2/c1-2-18(24)9-7-17(8-10-18)11-12-23(13-17)15-3-5-16(6-4-15)25-14-19(20,21)22/h3-6,24H,2,7-14H2,1H3/t17-,18-. The Morgan fingerprint density at radius 1 is 1.08 bits per heavy atom. The molecule has 0 aromatic heterocycles. The van der Waals surface area contributed by atoms with Crippen molar-refractivity contribution in [3.05, 3.63) is 24.3 Å². The third-order valence-electron chi connectivity index (χ3n) is 5.94. The molecule has 3 rings (SSSR count). The highest BCUT2D eigenvalue weighted by atomic mass is 19.4. The van der Waals surface area contributed by atoms with Gasteiger partial charge in [0.2, 0.25) is 0 Å². The summed E-state index contributed by atoms with van der Waals surface area (Å²) in [6, 6.07) is 6.86. The van der Waals surface area contributed by atoms with E-state index in [-0.39, 0.29) is 11.2 Å². The van der Waals surface area contributed by atoms with Crippen LogP contribution < -0.4 is 9.64 Å². The summed E-state index contributed by atoms with van der Waals surface area (Å²) in [4.78, 5) is 2.30. The van der Waals surface area contributed by atoms with Crippen LogP contribution in [0.15, 0.2) is 24.3 Å². The van der Waals surface area contributed by atoms with Crippen LogP contribution in [0.2, 0.25) is 0 Å². The van der Waals surface area contributed by atoms with Crippen molar-refractivity contribution < 1.29 is 23.0 Å². The quantitative estimate of drug-likeness (QED) is 0.859. The Morgan fingerprint density at radius 2 is 1.72 bits per heavy atom. The molecule has 0 atom stereocenters. The Bertz CT molecular complexity index is 577. The van der Waals surface area contributed by atoms with Gasteiger partial charge in [0.25, 0.3) is 0 Å². The second kappa shape index (κ2) is 6.71. The van der Waals surface area contributed by atoms with E-state index in [4.69, 9.17) is 4.74 Å². The third-order valence-corrected chi connectivity index (χ3v) is 5.94. The van der Waals surface area contributed by atoms with Crippen molar-refractivity contribution in [3.8, 4) is 5.75 Å². The summed E-state index contributed by atoms with van der Waals surface area (Å²) in [5.41, 5.74) is 0.802. The average molecular weight is 357 g/mol. The molecule has 6 heteroatoms. The number of alkyl halides is 3. The summed E-state index contributed by atoms with van der Waals surface area (Å²) in [5, 5.41) is 10.4. The van der Waals surface area contributed by atoms with Gasteiger partial charge in [-0.1, -0.05) is 6.92 Å². The van der Waals surface area contributed by atoms with E-state index in [2.05, 4.69) is 4.90 Å². The second-order valence-electron chi connectivity index (χ2n) is 7.65. The van der Waals surface area contributed by atoms with Crippen LogP contribution in [0.3, 0.4) is 0 Å². The Hall–Kier alpha value is -1.43. The Morgan fingerprint density at radius 3 is 2.28 bits per heavy atom. The molecule has 2 aliphatic rings. The van der Waals surface area contributed by atoms with Crippen molar-refractivity contribution in [1.82, 2.24) is 0 Å². The van der Waals surface area contributed by atoms with Gasteiger partial charge in [0.1, 0.15) is 5.75 Å². The first-order valence-electron chi connectivity index (χ1n) is 9.00. The van der Waals surface area contributed by atoms with Gasteiger partial charge in [0.15, 0.2) is 6.61 Å². The van der Waals surface area contributed by atoms with Crippen LogP contribution in [-0.4, -0.2) is 36.6 Å². The normalized spacial score (nSPS) is 30.0. The molecule has 1 aliphatic carbocycles. The molecule has 3 nitrogen and oxygen atoms in total. The highest BCUT2D eigenvalue weighted by molar-refractivity contribution is 5.50. The molecule has 0 bridgehead atoms. The number of benzene rings is 1. The SMILES string of the molecule is CC[C@]1(O)CC[C@@]2(CCN(c3ccc(OCC(F)(F)F)cc3)C2)CC1. The Balaban J connectivity index is 1.57. The fourth-order valence-electron chi connectivity index (χ4n) is 4.08. The van der Waals surface area contributed by atoms with Gasteiger partial charge in [-0.05, 0) is 68.2 Å². The highest BCUT2D eigenvalue weighted by Crippen LogP contribution is 2.48. The lowest BCUT2D eigenvalue weighted by molar-refractivity contribution is -0.153. The topological polar surface area (TPSA) is 32.7 Å². The number of nitrogens with zero attached hydrogens (tertiary/aromatic N) is 1. The molecule has 1 heterocycles. The number of ether oxygens (including phenoxy) is 1. The second-order valence-corrected chi connectivity index (χ2v) is 7.65. The van der Waals surface area contributed by atoms with Gasteiger partial charge in [-0.2, -0.15) is 13.2 Å². The number of halogens is 3. The van der Waals surface area contributed by atoms with Crippen molar-refractivity contribution in [2.75, 3.05) is 24.6 Å². The van der Waals surface area contributed by atoms with Crippen molar-refractivity contribution in [3.63, 3.8) is 0 Å². The van der Waals surface area contributed by atoms with Crippen LogP contribution in [0.4, 0.5) is 18.9 Å². The fraction of sp³-hybridized carbons (Fsp3) is 0.684. The smallest absolute Gasteiger partial charge is 0.422 e. The van der Waals surface area contributed by atoms with Gasteiger partial charge in [0, 0.05) is 18.8 Å². The van der Waals surface area contributed by atoms with E-state index in [1.165, 1.54) is 0 Å². The van der Waals surface area contributed by atoms with Crippen LogP contribution >= 0.6 is 0 Å². The van der Waals surface area contributed by atoms with Gasteiger partial charge in [-0.15, -0.1) is 0 Å². The molecule has 0 radical (unpaired) electrons. The molecular formula is C19H26F3NO2. The first kappa shape index (κ1) is 18.4. The molecule has 25 heavy (non-hydrogen) atoms. The molecule has 1 aromatic carbocycles. The number of anilines is 1. The summed E-state index contributed by atoms with van der Waals surface area (Å²) < 4.78 is 41.4. The zero-order valence-electron chi connectivity index (χ0n) is 14.6. The lowest BCUT2D eigenvalue weighted by atomic mass is 9.67. The van der Waals surface area contributed by atoms with Gasteiger partial charge in [0.05, 0.1) is 5.60 Å². The molecule has 1 saturated carbocycles. The third kappa shape index (κ3) is 4.40. The zero-order valence-corrected chi connectivity index (χ0v) is 14.6. The highest BCUT2D eigenvalue weighted by Gasteiger charge is 2.44. The van der Waals surface area contributed by atoms with E-state index in [1.807, 2.05) is 19.1 Å². The molecule has 1 aliphatic heterocycles. The first-order valence-corrected chi connectivity index (χ1v) is 9.00. The lowest BCUT2D eigenvalue weighted by Gasteiger charge is -2.41. The number of aliphatic hydroxyl groups is 1. The van der Waals surface area contributed by atoms with Gasteiger partial charge in [-0.25, -0.2) is 0 Å².